The number of furan rings is 1. The number of aryl methyl sites for hydroxylation is 3. The summed E-state index contributed by atoms with van der Waals surface area (Å²) in [6.07, 6.45) is 1.74. The number of hydrogen-bond donors (Lipinski definition) is 0. The molecule has 0 atom stereocenters. The predicted octanol–water partition coefficient (Wildman–Crippen LogP) is 2.90. The SMILES string of the molecule is Cc1ccc(C)c(N2CCN(C(=O)c3c(C)oc4c3C3=NCCN3C=N4)CC2)c1. The van der Waals surface area contributed by atoms with E-state index < -0.39 is 0 Å². The van der Waals surface area contributed by atoms with Gasteiger partial charge in [-0.2, -0.15) is 0 Å². The Morgan fingerprint density at radius 2 is 1.86 bits per heavy atom. The summed E-state index contributed by atoms with van der Waals surface area (Å²) >= 11 is 0. The number of piperazine rings is 1. The van der Waals surface area contributed by atoms with E-state index in [2.05, 4.69) is 46.9 Å². The fourth-order valence-corrected chi connectivity index (χ4v) is 4.37. The van der Waals surface area contributed by atoms with Gasteiger partial charge in [0.25, 0.3) is 5.91 Å². The molecule has 0 aliphatic carbocycles. The predicted molar refractivity (Wildman–Crippen MR) is 114 cm³/mol. The van der Waals surface area contributed by atoms with Gasteiger partial charge in [-0.1, -0.05) is 12.1 Å². The average molecular weight is 391 g/mol. The van der Waals surface area contributed by atoms with E-state index in [0.29, 0.717) is 36.8 Å². The van der Waals surface area contributed by atoms with E-state index in [4.69, 9.17) is 4.42 Å². The Morgan fingerprint density at radius 1 is 1.07 bits per heavy atom. The van der Waals surface area contributed by atoms with Crippen LogP contribution in [0.1, 0.15) is 32.8 Å². The fourth-order valence-electron chi connectivity index (χ4n) is 4.37. The van der Waals surface area contributed by atoms with Crippen LogP contribution in [0.15, 0.2) is 32.6 Å². The Balaban J connectivity index is 1.38. The maximum Gasteiger partial charge on any atom is 0.258 e. The molecule has 0 radical (unpaired) electrons. The van der Waals surface area contributed by atoms with Crippen LogP contribution in [0.4, 0.5) is 11.6 Å². The first-order valence-electron chi connectivity index (χ1n) is 10.1. The van der Waals surface area contributed by atoms with Crippen LogP contribution >= 0.6 is 0 Å². The summed E-state index contributed by atoms with van der Waals surface area (Å²) < 4.78 is 5.81. The number of carbonyl (C=O) groups excluding carboxylic acids is 1. The summed E-state index contributed by atoms with van der Waals surface area (Å²) in [5, 5.41) is 0. The number of amides is 1. The molecular weight excluding hydrogens is 366 g/mol. The lowest BCUT2D eigenvalue weighted by Crippen LogP contribution is -2.49. The largest absolute Gasteiger partial charge is 0.442 e. The van der Waals surface area contributed by atoms with Gasteiger partial charge in [0, 0.05) is 38.4 Å². The van der Waals surface area contributed by atoms with Crippen LogP contribution < -0.4 is 4.90 Å². The summed E-state index contributed by atoms with van der Waals surface area (Å²) in [7, 11) is 0. The third kappa shape index (κ3) is 2.92. The number of rotatable bonds is 2. The van der Waals surface area contributed by atoms with Gasteiger partial charge in [0.15, 0.2) is 0 Å². The first-order chi connectivity index (χ1) is 14.0. The van der Waals surface area contributed by atoms with Crippen molar-refractivity contribution in [2.75, 3.05) is 44.2 Å². The van der Waals surface area contributed by atoms with Crippen molar-refractivity contribution >= 4 is 29.7 Å². The van der Waals surface area contributed by atoms with Crippen molar-refractivity contribution in [1.82, 2.24) is 9.80 Å². The lowest BCUT2D eigenvalue weighted by atomic mass is 10.1. The van der Waals surface area contributed by atoms with Crippen molar-refractivity contribution in [1.29, 1.82) is 0 Å². The van der Waals surface area contributed by atoms with Crippen molar-refractivity contribution in [2.24, 2.45) is 9.98 Å². The number of carbonyl (C=O) groups is 1. The second-order valence-corrected chi connectivity index (χ2v) is 7.93. The lowest BCUT2D eigenvalue weighted by Gasteiger charge is -2.37. The molecule has 7 nitrogen and oxygen atoms in total. The first-order valence-corrected chi connectivity index (χ1v) is 10.1. The van der Waals surface area contributed by atoms with Crippen molar-refractivity contribution in [2.45, 2.75) is 20.8 Å². The van der Waals surface area contributed by atoms with Crippen LogP contribution in [-0.4, -0.2) is 67.1 Å². The van der Waals surface area contributed by atoms with Crippen LogP contribution in [0.3, 0.4) is 0 Å². The number of benzene rings is 1. The second-order valence-electron chi connectivity index (χ2n) is 7.93. The quantitative estimate of drug-likeness (QED) is 0.790. The molecule has 0 spiro atoms. The summed E-state index contributed by atoms with van der Waals surface area (Å²) in [4.78, 5) is 28.7. The standard InChI is InChI=1S/C22H25N5O2/c1-14-4-5-15(2)17(12-14)25-8-10-26(11-9-25)22(28)18-16(3)29-21-19(18)20-23-6-7-27(20)13-24-21/h4-5,12-13H,6-11H2,1-3H3. The Morgan fingerprint density at radius 3 is 2.66 bits per heavy atom. The highest BCUT2D eigenvalue weighted by molar-refractivity contribution is 6.17. The van der Waals surface area contributed by atoms with E-state index in [1.807, 2.05) is 16.7 Å². The number of fused-ring (bicyclic) bond motifs is 3. The molecule has 1 aromatic carbocycles. The molecule has 0 saturated carbocycles. The topological polar surface area (TPSA) is 64.7 Å². The summed E-state index contributed by atoms with van der Waals surface area (Å²) in [6, 6.07) is 6.53. The van der Waals surface area contributed by atoms with Crippen LogP contribution in [0, 0.1) is 20.8 Å². The first kappa shape index (κ1) is 18.0. The van der Waals surface area contributed by atoms with E-state index in [1.165, 1.54) is 16.8 Å². The second kappa shape index (κ2) is 6.76. The van der Waals surface area contributed by atoms with E-state index in [9.17, 15) is 4.79 Å². The number of hydrogen-bond acceptors (Lipinski definition) is 6. The highest BCUT2D eigenvalue weighted by atomic mass is 16.4. The highest BCUT2D eigenvalue weighted by Crippen LogP contribution is 2.35. The van der Waals surface area contributed by atoms with Gasteiger partial charge in [-0.15, -0.1) is 0 Å². The number of nitrogens with zero attached hydrogens (tertiary/aromatic N) is 5. The Labute approximate surface area is 170 Å². The molecule has 0 N–H and O–H groups in total. The zero-order valence-corrected chi connectivity index (χ0v) is 17.1. The van der Waals surface area contributed by atoms with Crippen LogP contribution in [0.5, 0.6) is 0 Å². The van der Waals surface area contributed by atoms with E-state index in [0.717, 1.165) is 31.0 Å². The minimum absolute atomic E-state index is 0.0137. The monoisotopic (exact) mass is 391 g/mol. The van der Waals surface area contributed by atoms with Crippen molar-refractivity contribution in [3.05, 3.63) is 46.2 Å². The number of aliphatic imine (C=N–C) groups is 2. The summed E-state index contributed by atoms with van der Waals surface area (Å²) in [5.41, 5.74) is 5.16. The van der Waals surface area contributed by atoms with E-state index in [-0.39, 0.29) is 5.91 Å². The molecule has 1 aromatic heterocycles. The maximum atomic E-state index is 13.4. The van der Waals surface area contributed by atoms with E-state index in [1.54, 1.807) is 6.34 Å². The Hall–Kier alpha value is -3.09. The zero-order valence-electron chi connectivity index (χ0n) is 17.1. The maximum absolute atomic E-state index is 13.4. The number of amidine groups is 1. The molecule has 4 heterocycles. The molecule has 29 heavy (non-hydrogen) atoms. The van der Waals surface area contributed by atoms with Gasteiger partial charge >= 0.3 is 0 Å². The zero-order chi connectivity index (χ0) is 20.1. The molecule has 0 bridgehead atoms. The molecule has 7 heteroatoms. The lowest BCUT2D eigenvalue weighted by molar-refractivity contribution is 0.0744. The minimum Gasteiger partial charge on any atom is -0.442 e. The van der Waals surface area contributed by atoms with Gasteiger partial charge in [0.05, 0.1) is 17.7 Å². The molecule has 150 valence electrons. The summed E-state index contributed by atoms with van der Waals surface area (Å²) in [6.45, 7) is 10.6. The molecule has 1 fully saturated rings. The molecule has 5 rings (SSSR count). The summed E-state index contributed by atoms with van der Waals surface area (Å²) in [5.74, 6) is 1.94. The van der Waals surface area contributed by atoms with Crippen molar-refractivity contribution < 1.29 is 9.21 Å². The van der Waals surface area contributed by atoms with Gasteiger partial charge in [0.2, 0.25) is 5.88 Å². The molecule has 3 aliphatic heterocycles. The fraction of sp³-hybridized carbons (Fsp3) is 0.409. The highest BCUT2D eigenvalue weighted by Gasteiger charge is 2.36. The van der Waals surface area contributed by atoms with Crippen LogP contribution in [0.25, 0.3) is 0 Å². The van der Waals surface area contributed by atoms with E-state index >= 15 is 0 Å². The molecule has 0 unspecified atom stereocenters. The third-order valence-electron chi connectivity index (χ3n) is 5.96. The van der Waals surface area contributed by atoms with Crippen molar-refractivity contribution in [3.8, 4) is 0 Å². The van der Waals surface area contributed by atoms with Gasteiger partial charge in [-0.05, 0) is 38.0 Å². The molecular formula is C22H25N5O2. The average Bonchev–Trinajstić information content (AvgIpc) is 3.32. The number of anilines is 1. The smallest absolute Gasteiger partial charge is 0.258 e. The van der Waals surface area contributed by atoms with Gasteiger partial charge < -0.3 is 19.1 Å². The molecule has 2 aromatic rings. The Kier molecular flexibility index (Phi) is 4.19. The van der Waals surface area contributed by atoms with Crippen LogP contribution in [-0.2, 0) is 0 Å². The van der Waals surface area contributed by atoms with Gasteiger partial charge in [0.1, 0.15) is 17.9 Å². The van der Waals surface area contributed by atoms with Gasteiger partial charge in [-0.25, -0.2) is 4.99 Å². The normalized spacial score (nSPS) is 18.0. The minimum atomic E-state index is 0.0137. The third-order valence-corrected chi connectivity index (χ3v) is 5.96. The van der Waals surface area contributed by atoms with Gasteiger partial charge in [-0.3, -0.25) is 9.79 Å². The molecule has 1 saturated heterocycles. The molecule has 1 amide bonds. The Bertz CT molecular complexity index is 1040. The molecule has 3 aliphatic rings. The van der Waals surface area contributed by atoms with Crippen LogP contribution in [0.2, 0.25) is 0 Å². The van der Waals surface area contributed by atoms with Crippen molar-refractivity contribution in [3.63, 3.8) is 0 Å².